The lowest BCUT2D eigenvalue weighted by molar-refractivity contribution is 0.174. The molecule has 30 heavy (non-hydrogen) atoms. The van der Waals surface area contributed by atoms with Crippen LogP contribution in [0.4, 0.5) is 0 Å². The number of likely N-dealkylation sites (N-methyl/N-ethyl adjacent to an activating group) is 1. The van der Waals surface area contributed by atoms with Gasteiger partial charge in [0.1, 0.15) is 5.75 Å². The first-order valence-corrected chi connectivity index (χ1v) is 9.81. The SMILES string of the molecule is CCNC(=NCc1ccc2c(c1)OCO2)NCC(c1cccc(OC)c1)N(C)C.I. The van der Waals surface area contributed by atoms with Gasteiger partial charge in [0, 0.05) is 13.1 Å². The molecular weight excluding hydrogens is 495 g/mol. The number of hydrogen-bond donors (Lipinski definition) is 2. The van der Waals surface area contributed by atoms with Crippen molar-refractivity contribution in [3.05, 3.63) is 53.6 Å². The molecule has 0 saturated heterocycles. The molecule has 3 rings (SSSR count). The average molecular weight is 526 g/mol. The molecular formula is C22H31IN4O3. The molecule has 0 aliphatic carbocycles. The van der Waals surface area contributed by atoms with Crippen LogP contribution in [0.25, 0.3) is 0 Å². The molecule has 164 valence electrons. The average Bonchev–Trinajstić information content (AvgIpc) is 3.20. The first-order valence-electron chi connectivity index (χ1n) is 9.81. The summed E-state index contributed by atoms with van der Waals surface area (Å²) in [5.41, 5.74) is 2.26. The highest BCUT2D eigenvalue weighted by Gasteiger charge is 2.16. The zero-order valence-electron chi connectivity index (χ0n) is 18.0. The number of fused-ring (bicyclic) bond motifs is 1. The van der Waals surface area contributed by atoms with Crippen LogP contribution >= 0.6 is 24.0 Å². The molecule has 1 atom stereocenters. The number of aliphatic imine (C=N–C) groups is 1. The lowest BCUT2D eigenvalue weighted by Gasteiger charge is -2.26. The van der Waals surface area contributed by atoms with Gasteiger partial charge < -0.3 is 29.7 Å². The highest BCUT2D eigenvalue weighted by Crippen LogP contribution is 2.32. The Bertz CT molecular complexity index is 845. The van der Waals surface area contributed by atoms with Gasteiger partial charge in [-0.05, 0) is 56.4 Å². The lowest BCUT2D eigenvalue weighted by atomic mass is 10.1. The van der Waals surface area contributed by atoms with Gasteiger partial charge in [-0.25, -0.2) is 4.99 Å². The van der Waals surface area contributed by atoms with Crippen LogP contribution in [0.5, 0.6) is 17.2 Å². The quantitative estimate of drug-likeness (QED) is 0.313. The van der Waals surface area contributed by atoms with Crippen molar-refractivity contribution >= 4 is 29.9 Å². The maximum absolute atomic E-state index is 5.45. The van der Waals surface area contributed by atoms with E-state index in [9.17, 15) is 0 Å². The minimum atomic E-state index is 0. The Morgan fingerprint density at radius 1 is 1.13 bits per heavy atom. The molecule has 1 aliphatic rings. The van der Waals surface area contributed by atoms with E-state index in [1.54, 1.807) is 7.11 Å². The largest absolute Gasteiger partial charge is 0.497 e. The zero-order valence-corrected chi connectivity index (χ0v) is 20.3. The number of ether oxygens (including phenoxy) is 3. The van der Waals surface area contributed by atoms with Crippen molar-refractivity contribution in [3.8, 4) is 17.2 Å². The first kappa shape index (κ1) is 24.1. The Labute approximate surface area is 195 Å². The Morgan fingerprint density at radius 3 is 2.67 bits per heavy atom. The van der Waals surface area contributed by atoms with Crippen molar-refractivity contribution in [2.75, 3.05) is 41.1 Å². The van der Waals surface area contributed by atoms with Gasteiger partial charge in [0.25, 0.3) is 0 Å². The fourth-order valence-corrected chi connectivity index (χ4v) is 3.19. The summed E-state index contributed by atoms with van der Waals surface area (Å²) in [4.78, 5) is 6.91. The monoisotopic (exact) mass is 526 g/mol. The number of methoxy groups -OCH3 is 1. The number of rotatable bonds is 8. The molecule has 1 aliphatic heterocycles. The molecule has 0 aromatic heterocycles. The third-order valence-corrected chi connectivity index (χ3v) is 4.77. The van der Waals surface area contributed by atoms with Crippen molar-refractivity contribution < 1.29 is 14.2 Å². The molecule has 7 nitrogen and oxygen atoms in total. The normalized spacial score (nSPS) is 13.6. The van der Waals surface area contributed by atoms with Gasteiger partial charge in [0.2, 0.25) is 6.79 Å². The first-order chi connectivity index (χ1) is 14.1. The molecule has 1 heterocycles. The second kappa shape index (κ2) is 11.8. The molecule has 0 amide bonds. The van der Waals surface area contributed by atoms with E-state index in [0.29, 0.717) is 13.1 Å². The third kappa shape index (κ3) is 6.40. The van der Waals surface area contributed by atoms with E-state index >= 15 is 0 Å². The summed E-state index contributed by atoms with van der Waals surface area (Å²) >= 11 is 0. The summed E-state index contributed by atoms with van der Waals surface area (Å²) in [5, 5.41) is 6.77. The number of guanidine groups is 1. The van der Waals surface area contributed by atoms with Gasteiger partial charge in [-0.3, -0.25) is 0 Å². The van der Waals surface area contributed by atoms with Gasteiger partial charge in [0.15, 0.2) is 17.5 Å². The second-order valence-corrected chi connectivity index (χ2v) is 7.02. The van der Waals surface area contributed by atoms with Crippen LogP contribution in [0.2, 0.25) is 0 Å². The fraction of sp³-hybridized carbons (Fsp3) is 0.409. The van der Waals surface area contributed by atoms with Crippen molar-refractivity contribution in [2.45, 2.75) is 19.5 Å². The number of hydrogen-bond acceptors (Lipinski definition) is 5. The number of nitrogens with one attached hydrogen (secondary N) is 2. The van der Waals surface area contributed by atoms with Crippen LogP contribution in [-0.4, -0.2) is 51.9 Å². The van der Waals surface area contributed by atoms with E-state index in [0.717, 1.165) is 35.3 Å². The molecule has 8 heteroatoms. The summed E-state index contributed by atoms with van der Waals surface area (Å²) in [5.74, 6) is 3.20. The molecule has 0 bridgehead atoms. The topological polar surface area (TPSA) is 67.4 Å². The van der Waals surface area contributed by atoms with Gasteiger partial charge in [-0.2, -0.15) is 0 Å². The Morgan fingerprint density at radius 2 is 1.93 bits per heavy atom. The fourth-order valence-electron chi connectivity index (χ4n) is 3.19. The van der Waals surface area contributed by atoms with Crippen molar-refractivity contribution in [2.24, 2.45) is 4.99 Å². The molecule has 1 unspecified atom stereocenters. The minimum absolute atomic E-state index is 0. The molecule has 2 N–H and O–H groups in total. The smallest absolute Gasteiger partial charge is 0.231 e. The Balaban J connectivity index is 0.00000320. The highest BCUT2D eigenvalue weighted by atomic mass is 127. The van der Waals surface area contributed by atoms with Gasteiger partial charge in [-0.1, -0.05) is 18.2 Å². The number of halogens is 1. The van der Waals surface area contributed by atoms with E-state index in [2.05, 4.69) is 48.7 Å². The standard InChI is InChI=1S/C22H30N4O3.HI/c1-5-23-22(24-13-16-9-10-20-21(11-16)29-15-28-20)25-14-19(26(2)3)17-7-6-8-18(12-17)27-4;/h6-12,19H,5,13-15H2,1-4H3,(H2,23,24,25);1H. The van der Waals surface area contributed by atoms with Crippen LogP contribution in [0.1, 0.15) is 24.1 Å². The van der Waals surface area contributed by atoms with Crippen molar-refractivity contribution in [1.29, 1.82) is 0 Å². The second-order valence-electron chi connectivity index (χ2n) is 7.02. The van der Waals surface area contributed by atoms with Crippen LogP contribution in [-0.2, 0) is 6.54 Å². The van der Waals surface area contributed by atoms with Gasteiger partial charge in [-0.15, -0.1) is 24.0 Å². The lowest BCUT2D eigenvalue weighted by Crippen LogP contribution is -2.41. The maximum atomic E-state index is 5.45. The zero-order chi connectivity index (χ0) is 20.6. The number of nitrogens with zero attached hydrogens (tertiary/aromatic N) is 2. The predicted octanol–water partition coefficient (Wildman–Crippen LogP) is 3.40. The number of benzene rings is 2. The Kier molecular flexibility index (Phi) is 9.51. The summed E-state index contributed by atoms with van der Waals surface area (Å²) in [6.07, 6.45) is 0. The summed E-state index contributed by atoms with van der Waals surface area (Å²) < 4.78 is 16.2. The molecule has 0 radical (unpaired) electrons. The summed E-state index contributed by atoms with van der Waals surface area (Å²) in [7, 11) is 5.83. The summed E-state index contributed by atoms with van der Waals surface area (Å²) in [6, 6.07) is 14.3. The van der Waals surface area contributed by atoms with Crippen LogP contribution in [0.15, 0.2) is 47.5 Å². The van der Waals surface area contributed by atoms with Crippen LogP contribution in [0, 0.1) is 0 Å². The van der Waals surface area contributed by atoms with E-state index in [4.69, 9.17) is 19.2 Å². The van der Waals surface area contributed by atoms with Crippen molar-refractivity contribution in [1.82, 2.24) is 15.5 Å². The molecule has 2 aromatic carbocycles. The van der Waals surface area contributed by atoms with Crippen LogP contribution in [0.3, 0.4) is 0 Å². The third-order valence-electron chi connectivity index (χ3n) is 4.77. The summed E-state index contributed by atoms with van der Waals surface area (Å²) in [6.45, 7) is 4.40. The molecule has 0 fully saturated rings. The Hall–Kier alpha value is -2.20. The van der Waals surface area contributed by atoms with E-state index in [1.165, 1.54) is 5.56 Å². The van der Waals surface area contributed by atoms with Crippen molar-refractivity contribution in [3.63, 3.8) is 0 Å². The minimum Gasteiger partial charge on any atom is -0.497 e. The van der Waals surface area contributed by atoms with E-state index in [1.807, 2.05) is 30.3 Å². The van der Waals surface area contributed by atoms with Gasteiger partial charge in [0.05, 0.1) is 19.7 Å². The van der Waals surface area contributed by atoms with Gasteiger partial charge >= 0.3 is 0 Å². The highest BCUT2D eigenvalue weighted by molar-refractivity contribution is 14.0. The molecule has 2 aromatic rings. The van der Waals surface area contributed by atoms with E-state index in [-0.39, 0.29) is 36.8 Å². The predicted molar refractivity (Wildman–Crippen MR) is 130 cm³/mol. The maximum Gasteiger partial charge on any atom is 0.231 e. The molecule has 0 spiro atoms. The van der Waals surface area contributed by atoms with Crippen LogP contribution < -0.4 is 24.8 Å². The van der Waals surface area contributed by atoms with E-state index < -0.39 is 0 Å². The molecule has 0 saturated carbocycles.